The van der Waals surface area contributed by atoms with E-state index in [2.05, 4.69) is 10.6 Å². The molecule has 1 aliphatic heterocycles. The van der Waals surface area contributed by atoms with E-state index in [0.29, 0.717) is 17.9 Å². The second-order valence-corrected chi connectivity index (χ2v) is 4.81. The third-order valence-electron chi connectivity index (χ3n) is 3.26. The average Bonchev–Trinajstić information content (AvgIpc) is 3.02. The van der Waals surface area contributed by atoms with E-state index in [1.54, 1.807) is 0 Å². The van der Waals surface area contributed by atoms with Gasteiger partial charge in [0.15, 0.2) is 0 Å². The number of fused-ring (bicyclic) bond motifs is 1. The molecule has 0 aromatic heterocycles. The minimum absolute atomic E-state index is 0.00132. The highest BCUT2D eigenvalue weighted by Crippen LogP contribution is 2.48. The molecule has 1 aliphatic carbocycles. The van der Waals surface area contributed by atoms with Gasteiger partial charge in [-0.1, -0.05) is 11.6 Å². The van der Waals surface area contributed by atoms with Gasteiger partial charge in [0, 0.05) is 12.6 Å². The van der Waals surface area contributed by atoms with Crippen molar-refractivity contribution in [2.45, 2.75) is 12.8 Å². The summed E-state index contributed by atoms with van der Waals surface area (Å²) in [6.07, 6.45) is 1.77. The average molecular weight is 241 g/mol. The Balaban J connectivity index is 2.03. The van der Waals surface area contributed by atoms with Crippen molar-refractivity contribution in [2.75, 3.05) is 17.2 Å². The first-order valence-corrected chi connectivity index (χ1v) is 5.53. The lowest BCUT2D eigenvalue weighted by molar-refractivity contribution is -0.120. The van der Waals surface area contributed by atoms with Gasteiger partial charge >= 0.3 is 0 Å². The fraction of sp³-hybridized carbons (Fsp3) is 0.364. The highest BCUT2D eigenvalue weighted by molar-refractivity contribution is 6.31. The van der Waals surface area contributed by atoms with Gasteiger partial charge in [0.25, 0.3) is 0 Å². The molecular weight excluding hydrogens is 231 g/mol. The standard InChI is InChI=1S/C11H10ClFN2O/c12-6-3-9-8(4-7(6)13)14-5-11(1-2-11)10(16)15-9/h3-4,14H,1-2,5H2,(H,15,16). The zero-order valence-corrected chi connectivity index (χ0v) is 9.20. The number of anilines is 2. The van der Waals surface area contributed by atoms with Gasteiger partial charge in [-0.25, -0.2) is 4.39 Å². The number of carbonyl (C=O) groups is 1. The maximum absolute atomic E-state index is 13.3. The lowest BCUT2D eigenvalue weighted by Crippen LogP contribution is -2.27. The number of nitrogens with one attached hydrogen (secondary N) is 2. The molecule has 5 heteroatoms. The molecule has 0 bridgehead atoms. The van der Waals surface area contributed by atoms with Crippen molar-refractivity contribution in [1.82, 2.24) is 0 Å². The van der Waals surface area contributed by atoms with Crippen LogP contribution in [-0.2, 0) is 4.79 Å². The second-order valence-electron chi connectivity index (χ2n) is 4.40. The molecule has 1 saturated carbocycles. The first-order chi connectivity index (χ1) is 7.61. The molecular formula is C11H10ClFN2O. The van der Waals surface area contributed by atoms with Crippen molar-refractivity contribution in [1.29, 1.82) is 0 Å². The van der Waals surface area contributed by atoms with E-state index < -0.39 is 5.82 Å². The number of rotatable bonds is 0. The quantitative estimate of drug-likeness (QED) is 0.732. The van der Waals surface area contributed by atoms with Crippen LogP contribution in [0.3, 0.4) is 0 Å². The van der Waals surface area contributed by atoms with Crippen molar-refractivity contribution in [2.24, 2.45) is 5.41 Å². The van der Waals surface area contributed by atoms with Crippen LogP contribution >= 0.6 is 11.6 Å². The topological polar surface area (TPSA) is 41.1 Å². The lowest BCUT2D eigenvalue weighted by Gasteiger charge is -2.08. The molecule has 1 amide bonds. The molecule has 1 aromatic rings. The molecule has 3 nitrogen and oxygen atoms in total. The molecule has 0 unspecified atom stereocenters. The summed E-state index contributed by atoms with van der Waals surface area (Å²) in [5.41, 5.74) is 0.862. The van der Waals surface area contributed by atoms with Crippen LogP contribution in [0.15, 0.2) is 12.1 Å². The molecule has 1 heterocycles. The molecule has 0 atom stereocenters. The van der Waals surface area contributed by atoms with Crippen LogP contribution in [-0.4, -0.2) is 12.5 Å². The third-order valence-corrected chi connectivity index (χ3v) is 3.55. The Bertz CT molecular complexity index is 485. The van der Waals surface area contributed by atoms with Crippen LogP contribution in [0.1, 0.15) is 12.8 Å². The maximum atomic E-state index is 13.3. The summed E-state index contributed by atoms with van der Waals surface area (Å²) >= 11 is 5.68. The predicted octanol–water partition coefficient (Wildman–Crippen LogP) is 2.62. The monoisotopic (exact) mass is 240 g/mol. The molecule has 2 aliphatic rings. The smallest absolute Gasteiger partial charge is 0.232 e. The van der Waals surface area contributed by atoms with Gasteiger partial charge in [-0.15, -0.1) is 0 Å². The Hall–Kier alpha value is -1.29. The van der Waals surface area contributed by atoms with Gasteiger partial charge in [-0.05, 0) is 18.9 Å². The summed E-state index contributed by atoms with van der Waals surface area (Å²) < 4.78 is 13.3. The summed E-state index contributed by atoms with van der Waals surface area (Å²) in [5.74, 6) is -0.477. The summed E-state index contributed by atoms with van der Waals surface area (Å²) in [7, 11) is 0. The fourth-order valence-electron chi connectivity index (χ4n) is 1.95. The van der Waals surface area contributed by atoms with E-state index in [0.717, 1.165) is 12.8 Å². The molecule has 16 heavy (non-hydrogen) atoms. The van der Waals surface area contributed by atoms with Crippen LogP contribution in [0.5, 0.6) is 0 Å². The Morgan fingerprint density at radius 1 is 1.31 bits per heavy atom. The van der Waals surface area contributed by atoms with Crippen LogP contribution < -0.4 is 10.6 Å². The summed E-state index contributed by atoms with van der Waals surface area (Å²) in [6, 6.07) is 2.76. The van der Waals surface area contributed by atoms with Crippen LogP contribution in [0.2, 0.25) is 5.02 Å². The van der Waals surface area contributed by atoms with E-state index in [-0.39, 0.29) is 16.3 Å². The summed E-state index contributed by atoms with van der Waals surface area (Å²) in [4.78, 5) is 11.9. The SMILES string of the molecule is O=C1Nc2cc(Cl)c(F)cc2NCC12CC2. The van der Waals surface area contributed by atoms with E-state index in [1.165, 1.54) is 12.1 Å². The molecule has 3 rings (SSSR count). The van der Waals surface area contributed by atoms with E-state index >= 15 is 0 Å². The van der Waals surface area contributed by atoms with Crippen molar-refractivity contribution in [3.63, 3.8) is 0 Å². The highest BCUT2D eigenvalue weighted by Gasteiger charge is 2.50. The first-order valence-electron chi connectivity index (χ1n) is 5.15. The van der Waals surface area contributed by atoms with Crippen molar-refractivity contribution < 1.29 is 9.18 Å². The Kier molecular flexibility index (Phi) is 1.92. The van der Waals surface area contributed by atoms with Gasteiger partial charge < -0.3 is 10.6 Å². The molecule has 0 saturated heterocycles. The van der Waals surface area contributed by atoms with Crippen LogP contribution in [0, 0.1) is 11.2 Å². The summed E-state index contributed by atoms with van der Waals surface area (Å²) in [5, 5.41) is 5.91. The number of carbonyl (C=O) groups excluding carboxylic acids is 1. The molecule has 1 aromatic carbocycles. The first kappa shape index (κ1) is 9.90. The van der Waals surface area contributed by atoms with E-state index in [4.69, 9.17) is 11.6 Å². The third kappa shape index (κ3) is 1.37. The minimum atomic E-state index is -0.478. The maximum Gasteiger partial charge on any atom is 0.232 e. The largest absolute Gasteiger partial charge is 0.382 e. The van der Waals surface area contributed by atoms with Gasteiger partial charge in [0.1, 0.15) is 5.82 Å². The highest BCUT2D eigenvalue weighted by atomic mass is 35.5. The van der Waals surface area contributed by atoms with Gasteiger partial charge in [-0.3, -0.25) is 4.79 Å². The normalized spacial score (nSPS) is 20.8. The number of benzene rings is 1. The zero-order valence-electron chi connectivity index (χ0n) is 8.44. The number of hydrogen-bond acceptors (Lipinski definition) is 2. The van der Waals surface area contributed by atoms with Crippen molar-refractivity contribution >= 4 is 28.9 Å². The van der Waals surface area contributed by atoms with Crippen molar-refractivity contribution in [3.05, 3.63) is 23.0 Å². The Morgan fingerprint density at radius 3 is 2.75 bits per heavy atom. The van der Waals surface area contributed by atoms with Crippen LogP contribution in [0.25, 0.3) is 0 Å². The molecule has 1 spiro atoms. The summed E-state index contributed by atoms with van der Waals surface area (Å²) in [6.45, 7) is 0.562. The van der Waals surface area contributed by atoms with Crippen LogP contribution in [0.4, 0.5) is 15.8 Å². The van der Waals surface area contributed by atoms with Crippen molar-refractivity contribution in [3.8, 4) is 0 Å². The molecule has 84 valence electrons. The Morgan fingerprint density at radius 2 is 2.06 bits per heavy atom. The number of halogens is 2. The number of amides is 1. The number of hydrogen-bond donors (Lipinski definition) is 2. The predicted molar refractivity (Wildman–Crippen MR) is 60.2 cm³/mol. The van der Waals surface area contributed by atoms with Gasteiger partial charge in [-0.2, -0.15) is 0 Å². The van der Waals surface area contributed by atoms with Gasteiger partial charge in [0.2, 0.25) is 5.91 Å². The van der Waals surface area contributed by atoms with E-state index in [9.17, 15) is 9.18 Å². The molecule has 2 N–H and O–H groups in total. The van der Waals surface area contributed by atoms with Gasteiger partial charge in [0.05, 0.1) is 21.8 Å². The lowest BCUT2D eigenvalue weighted by atomic mass is 10.1. The molecule has 1 fully saturated rings. The second kappa shape index (κ2) is 3.10. The molecule has 0 radical (unpaired) electrons. The Labute approximate surface area is 97.0 Å². The minimum Gasteiger partial charge on any atom is -0.382 e. The fourth-order valence-corrected chi connectivity index (χ4v) is 2.11. The zero-order chi connectivity index (χ0) is 11.3. The van der Waals surface area contributed by atoms with E-state index in [1.807, 2.05) is 0 Å².